The number of aryl methyl sites for hydroxylation is 2. The first-order valence-corrected chi connectivity index (χ1v) is 7.97. The van der Waals surface area contributed by atoms with E-state index in [0.717, 1.165) is 38.2 Å². The number of hydrogen-bond acceptors (Lipinski definition) is 3. The maximum Gasteiger partial charge on any atom is 0.153 e. The smallest absolute Gasteiger partial charge is 0.153 e. The third-order valence-corrected chi connectivity index (χ3v) is 5.16. The molecule has 4 nitrogen and oxygen atoms in total. The van der Waals surface area contributed by atoms with Crippen LogP contribution in [0.25, 0.3) is 0 Å². The lowest BCUT2D eigenvalue weighted by Gasteiger charge is -2.37. The van der Waals surface area contributed by atoms with Gasteiger partial charge >= 0.3 is 0 Å². The fourth-order valence-corrected chi connectivity index (χ4v) is 3.97. The van der Waals surface area contributed by atoms with E-state index in [-0.39, 0.29) is 5.54 Å². The summed E-state index contributed by atoms with van der Waals surface area (Å²) in [4.78, 5) is 19.7. The van der Waals surface area contributed by atoms with Gasteiger partial charge in [0.15, 0.2) is 5.78 Å². The minimum absolute atomic E-state index is 0.123. The van der Waals surface area contributed by atoms with Gasteiger partial charge in [-0.15, -0.1) is 0 Å². The van der Waals surface area contributed by atoms with Crippen LogP contribution in [0.2, 0.25) is 0 Å². The van der Waals surface area contributed by atoms with E-state index in [1.165, 1.54) is 25.7 Å². The van der Waals surface area contributed by atoms with Crippen molar-refractivity contribution >= 4 is 5.78 Å². The molecule has 1 saturated carbocycles. The number of aromatic nitrogens is 2. The second-order valence-electron chi connectivity index (χ2n) is 6.31. The molecule has 20 heavy (non-hydrogen) atoms. The van der Waals surface area contributed by atoms with Crippen LogP contribution in [0.4, 0.5) is 0 Å². The van der Waals surface area contributed by atoms with Crippen molar-refractivity contribution in [1.29, 1.82) is 0 Å². The number of hydrogen-bond donors (Lipinski definition) is 0. The molecule has 3 rings (SSSR count). The second-order valence-corrected chi connectivity index (χ2v) is 6.31. The molecule has 1 aliphatic heterocycles. The molecule has 0 N–H and O–H groups in total. The van der Waals surface area contributed by atoms with Gasteiger partial charge in [0.1, 0.15) is 5.82 Å². The molecule has 2 aliphatic rings. The van der Waals surface area contributed by atoms with E-state index < -0.39 is 0 Å². The number of carbonyl (C=O) groups excluding carboxylic acids is 1. The Balaban J connectivity index is 1.68. The molecule has 0 bridgehead atoms. The number of likely N-dealkylation sites (tertiary alicyclic amines) is 1. The van der Waals surface area contributed by atoms with Crippen molar-refractivity contribution in [2.75, 3.05) is 13.1 Å². The number of Topliss-reactive ketones (excluding diaryl/α,β-unsaturated/α-hetero) is 1. The monoisotopic (exact) mass is 275 g/mol. The van der Waals surface area contributed by atoms with Crippen molar-refractivity contribution in [1.82, 2.24) is 14.5 Å². The fraction of sp³-hybridized carbons (Fsp3) is 0.750. The van der Waals surface area contributed by atoms with Gasteiger partial charge in [-0.25, -0.2) is 4.98 Å². The highest BCUT2D eigenvalue weighted by Gasteiger charge is 2.45. The number of ketones is 1. The summed E-state index contributed by atoms with van der Waals surface area (Å²) in [7, 11) is 2.00. The molecule has 0 spiro atoms. The molecule has 0 unspecified atom stereocenters. The van der Waals surface area contributed by atoms with Crippen molar-refractivity contribution in [2.45, 2.75) is 56.9 Å². The Morgan fingerprint density at radius 1 is 1.25 bits per heavy atom. The molecule has 0 radical (unpaired) electrons. The Bertz CT molecular complexity index is 468. The summed E-state index contributed by atoms with van der Waals surface area (Å²) in [5.74, 6) is 1.48. The highest BCUT2D eigenvalue weighted by atomic mass is 16.1. The molecule has 1 saturated heterocycles. The zero-order chi connectivity index (χ0) is 14.0. The van der Waals surface area contributed by atoms with Crippen molar-refractivity contribution in [3.63, 3.8) is 0 Å². The van der Waals surface area contributed by atoms with Gasteiger partial charge < -0.3 is 4.57 Å². The van der Waals surface area contributed by atoms with Crippen molar-refractivity contribution in [2.24, 2.45) is 7.05 Å². The lowest BCUT2D eigenvalue weighted by atomic mass is 9.87. The maximum atomic E-state index is 12.9. The normalized spacial score (nSPS) is 22.4. The molecule has 0 atom stereocenters. The summed E-state index contributed by atoms with van der Waals surface area (Å²) in [6.07, 6.45) is 12.3. The lowest BCUT2D eigenvalue weighted by Crippen LogP contribution is -2.51. The molecule has 2 heterocycles. The first kappa shape index (κ1) is 13.8. The van der Waals surface area contributed by atoms with Crippen LogP contribution in [0.5, 0.6) is 0 Å². The maximum absolute atomic E-state index is 12.9. The van der Waals surface area contributed by atoms with E-state index in [1.54, 1.807) is 0 Å². The van der Waals surface area contributed by atoms with Crippen molar-refractivity contribution in [3.05, 3.63) is 18.2 Å². The Hall–Kier alpha value is -1.16. The molecular weight excluding hydrogens is 250 g/mol. The number of imidazole rings is 1. The van der Waals surface area contributed by atoms with Gasteiger partial charge in [0.2, 0.25) is 0 Å². The summed E-state index contributed by atoms with van der Waals surface area (Å²) in [5.41, 5.74) is -0.123. The fourth-order valence-electron chi connectivity index (χ4n) is 3.97. The van der Waals surface area contributed by atoms with Crippen LogP contribution in [0.3, 0.4) is 0 Å². The standard InChI is InChI=1S/C16H25N3O/c1-18-13-10-17-15(18)7-6-14(20)16(8-2-3-9-16)19-11-4-5-12-19/h10,13H,2-9,11-12H2,1H3. The van der Waals surface area contributed by atoms with E-state index in [9.17, 15) is 4.79 Å². The first-order valence-electron chi connectivity index (χ1n) is 7.97. The zero-order valence-electron chi connectivity index (χ0n) is 12.5. The van der Waals surface area contributed by atoms with Gasteiger partial charge in [-0.3, -0.25) is 9.69 Å². The van der Waals surface area contributed by atoms with Crippen LogP contribution in [0.1, 0.15) is 50.8 Å². The SMILES string of the molecule is Cn1ccnc1CCC(=O)C1(N2CCCC2)CCCC1. The molecule has 1 aromatic rings. The average molecular weight is 275 g/mol. The quantitative estimate of drug-likeness (QED) is 0.828. The Morgan fingerprint density at radius 2 is 1.95 bits per heavy atom. The topological polar surface area (TPSA) is 38.1 Å². The van der Waals surface area contributed by atoms with Crippen LogP contribution < -0.4 is 0 Å². The van der Waals surface area contributed by atoms with Crippen LogP contribution >= 0.6 is 0 Å². The van der Waals surface area contributed by atoms with E-state index in [1.807, 2.05) is 24.0 Å². The van der Waals surface area contributed by atoms with E-state index in [4.69, 9.17) is 0 Å². The Labute approximate surface area is 121 Å². The predicted molar refractivity (Wildman–Crippen MR) is 78.5 cm³/mol. The number of nitrogens with zero attached hydrogens (tertiary/aromatic N) is 3. The van der Waals surface area contributed by atoms with E-state index in [0.29, 0.717) is 12.2 Å². The molecule has 1 aliphatic carbocycles. The van der Waals surface area contributed by atoms with Crippen LogP contribution in [-0.2, 0) is 18.3 Å². The summed E-state index contributed by atoms with van der Waals surface area (Å²) in [5, 5.41) is 0. The molecule has 1 aromatic heterocycles. The largest absolute Gasteiger partial charge is 0.338 e. The lowest BCUT2D eigenvalue weighted by molar-refractivity contribution is -0.130. The summed E-state index contributed by atoms with van der Waals surface area (Å²) in [6.45, 7) is 2.24. The van der Waals surface area contributed by atoms with Gasteiger partial charge in [-0.05, 0) is 38.8 Å². The van der Waals surface area contributed by atoms with Crippen LogP contribution in [-0.4, -0.2) is 38.9 Å². The molecular formula is C16H25N3O. The highest BCUT2D eigenvalue weighted by molar-refractivity contribution is 5.89. The van der Waals surface area contributed by atoms with Crippen LogP contribution in [0, 0.1) is 0 Å². The number of rotatable bonds is 5. The Morgan fingerprint density at radius 3 is 2.55 bits per heavy atom. The van der Waals surface area contributed by atoms with E-state index in [2.05, 4.69) is 9.88 Å². The van der Waals surface area contributed by atoms with Crippen LogP contribution in [0.15, 0.2) is 12.4 Å². The molecule has 4 heteroatoms. The minimum Gasteiger partial charge on any atom is -0.338 e. The number of carbonyl (C=O) groups is 1. The van der Waals surface area contributed by atoms with Gasteiger partial charge in [0.05, 0.1) is 5.54 Å². The molecule has 110 valence electrons. The highest BCUT2D eigenvalue weighted by Crippen LogP contribution is 2.39. The van der Waals surface area contributed by atoms with Gasteiger partial charge in [0.25, 0.3) is 0 Å². The zero-order valence-corrected chi connectivity index (χ0v) is 12.5. The second kappa shape index (κ2) is 5.68. The van der Waals surface area contributed by atoms with Crippen molar-refractivity contribution in [3.8, 4) is 0 Å². The Kier molecular flexibility index (Phi) is 3.92. The first-order chi connectivity index (χ1) is 9.72. The molecule has 0 aromatic carbocycles. The molecule has 2 fully saturated rings. The summed E-state index contributed by atoms with van der Waals surface area (Å²) >= 11 is 0. The minimum atomic E-state index is -0.123. The predicted octanol–water partition coefficient (Wildman–Crippen LogP) is 2.33. The van der Waals surface area contributed by atoms with Gasteiger partial charge in [0, 0.05) is 32.3 Å². The van der Waals surface area contributed by atoms with Crippen molar-refractivity contribution < 1.29 is 4.79 Å². The third kappa shape index (κ3) is 2.41. The summed E-state index contributed by atoms with van der Waals surface area (Å²) in [6, 6.07) is 0. The third-order valence-electron chi connectivity index (χ3n) is 5.16. The van der Waals surface area contributed by atoms with Gasteiger partial charge in [-0.2, -0.15) is 0 Å². The average Bonchev–Trinajstić information content (AvgIpc) is 3.18. The summed E-state index contributed by atoms with van der Waals surface area (Å²) < 4.78 is 2.02. The molecule has 0 amide bonds. The van der Waals surface area contributed by atoms with E-state index >= 15 is 0 Å². The van der Waals surface area contributed by atoms with Gasteiger partial charge in [-0.1, -0.05) is 12.8 Å².